The Bertz CT molecular complexity index is 2740. The van der Waals surface area contributed by atoms with Crippen molar-refractivity contribution in [2.24, 2.45) is 5.92 Å². The first kappa shape index (κ1) is 46.9. The van der Waals surface area contributed by atoms with Gasteiger partial charge in [-0.05, 0) is 71.6 Å². The van der Waals surface area contributed by atoms with Gasteiger partial charge in [0.2, 0.25) is 5.95 Å². The van der Waals surface area contributed by atoms with Crippen molar-refractivity contribution in [1.82, 2.24) is 19.5 Å². The molecule has 1 aliphatic heterocycles. The number of aromatic nitrogens is 4. The average molecular weight is 921 g/mol. The summed E-state index contributed by atoms with van der Waals surface area (Å²) in [4.78, 5) is 57.0. The maximum absolute atomic E-state index is 14.9. The zero-order chi connectivity index (χ0) is 48.0. The number of aliphatic hydroxyl groups excluding tert-OH is 1. The number of nitrogen functional groups attached to an aromatic ring is 1. The number of ether oxygens (including phenoxy) is 6. The van der Waals surface area contributed by atoms with E-state index in [0.29, 0.717) is 46.0 Å². The number of carbonyl (C=O) groups excluding carboxylic acids is 3. The molecule has 16 heteroatoms. The van der Waals surface area contributed by atoms with Gasteiger partial charge >= 0.3 is 12.1 Å². The van der Waals surface area contributed by atoms with Crippen molar-refractivity contribution in [2.45, 2.75) is 69.9 Å². The van der Waals surface area contributed by atoms with Crippen molar-refractivity contribution in [3.63, 3.8) is 0 Å². The number of hydrogen-bond acceptors (Lipinski definition) is 14. The topological polar surface area (TPSA) is 200 Å². The Morgan fingerprint density at radius 2 is 1.31 bits per heavy atom. The van der Waals surface area contributed by atoms with Crippen LogP contribution >= 0.6 is 0 Å². The van der Waals surface area contributed by atoms with Crippen molar-refractivity contribution < 1.29 is 47.9 Å². The van der Waals surface area contributed by atoms with Crippen LogP contribution in [-0.2, 0) is 29.4 Å². The van der Waals surface area contributed by atoms with Crippen LogP contribution in [0.25, 0.3) is 11.2 Å². The molecular weight excluding hydrogens is 869 g/mol. The average Bonchev–Trinajstić information content (AvgIpc) is 3.92. The number of methoxy groups -OCH3 is 2. The highest BCUT2D eigenvalue weighted by molar-refractivity contribution is 5.98. The highest BCUT2D eigenvalue weighted by atomic mass is 16.6. The maximum Gasteiger partial charge on any atom is 0.425 e. The molecule has 0 aliphatic carbocycles. The lowest BCUT2D eigenvalue weighted by molar-refractivity contribution is -0.168. The lowest BCUT2D eigenvalue weighted by Gasteiger charge is -2.40. The Balaban J connectivity index is 1.24. The first-order valence-corrected chi connectivity index (χ1v) is 22.2. The summed E-state index contributed by atoms with van der Waals surface area (Å²) >= 11 is 0. The van der Waals surface area contributed by atoms with Gasteiger partial charge in [0.1, 0.15) is 35.4 Å². The van der Waals surface area contributed by atoms with E-state index in [1.807, 2.05) is 73.7 Å². The fourth-order valence-corrected chi connectivity index (χ4v) is 8.33. The van der Waals surface area contributed by atoms with E-state index >= 15 is 0 Å². The van der Waals surface area contributed by atoms with Gasteiger partial charge in [0.25, 0.3) is 5.88 Å². The van der Waals surface area contributed by atoms with Gasteiger partial charge in [-0.15, -0.1) is 0 Å². The molecule has 350 valence electrons. The first-order valence-electron chi connectivity index (χ1n) is 22.2. The summed E-state index contributed by atoms with van der Waals surface area (Å²) in [7, 11) is 3.14. The quantitative estimate of drug-likeness (QED) is 0.0652. The molecule has 5 atom stereocenters. The summed E-state index contributed by atoms with van der Waals surface area (Å²) in [6, 6.07) is 41.8. The molecule has 1 saturated heterocycles. The molecule has 1 unspecified atom stereocenters. The minimum Gasteiger partial charge on any atom is -0.497 e. The SMILES string of the molecule is CCCC(=O)O[C@@H]1[C@H](O)[C@@H](C(OC(c2ccccc2)(c2ccc(OC)cc2)c2ccc(OC)cc2)C(=O)C(C)C)O[C@H]1n1cnc2c(OC(=O)N(c3ccccc3)c3ccccc3)nc(N)nc21. The molecule has 0 bridgehead atoms. The van der Waals surface area contributed by atoms with Crippen molar-refractivity contribution in [3.8, 4) is 17.4 Å². The monoisotopic (exact) mass is 920 g/mol. The Labute approximate surface area is 393 Å². The van der Waals surface area contributed by atoms with E-state index in [1.54, 1.807) is 101 Å². The minimum atomic E-state index is -1.66. The molecular formula is C52H52N6O10. The van der Waals surface area contributed by atoms with Crippen LogP contribution in [0.5, 0.6) is 17.4 Å². The summed E-state index contributed by atoms with van der Waals surface area (Å²) < 4.78 is 38.6. The smallest absolute Gasteiger partial charge is 0.425 e. The molecule has 2 aromatic heterocycles. The highest BCUT2D eigenvalue weighted by Gasteiger charge is 2.55. The van der Waals surface area contributed by atoms with E-state index in [4.69, 9.17) is 34.2 Å². The van der Waals surface area contributed by atoms with Crippen LogP contribution < -0.4 is 24.8 Å². The number of aliphatic hydroxyl groups is 1. The van der Waals surface area contributed by atoms with Gasteiger partial charge in [0, 0.05) is 12.3 Å². The third-order valence-electron chi connectivity index (χ3n) is 11.7. The molecule has 0 radical (unpaired) electrons. The fraction of sp³-hybridized carbons (Fsp3) is 0.269. The van der Waals surface area contributed by atoms with Crippen LogP contribution in [0, 0.1) is 5.92 Å². The fourth-order valence-electron chi connectivity index (χ4n) is 8.33. The van der Waals surface area contributed by atoms with Gasteiger partial charge in [-0.2, -0.15) is 9.97 Å². The van der Waals surface area contributed by atoms with E-state index in [0.717, 1.165) is 0 Å². The molecule has 16 nitrogen and oxygen atoms in total. The van der Waals surface area contributed by atoms with Gasteiger partial charge in [-0.3, -0.25) is 14.2 Å². The second-order valence-electron chi connectivity index (χ2n) is 16.4. The lowest BCUT2D eigenvalue weighted by Crippen LogP contribution is -2.51. The number of rotatable bonds is 17. The van der Waals surface area contributed by atoms with Gasteiger partial charge < -0.3 is 39.3 Å². The molecule has 1 amide bonds. The van der Waals surface area contributed by atoms with E-state index in [9.17, 15) is 19.5 Å². The third kappa shape index (κ3) is 9.34. The number of nitrogens with zero attached hydrogens (tertiary/aromatic N) is 5. The van der Waals surface area contributed by atoms with Crippen molar-refractivity contribution in [1.29, 1.82) is 0 Å². The molecule has 1 aliphatic rings. The number of carbonyl (C=O) groups is 3. The van der Waals surface area contributed by atoms with Gasteiger partial charge in [-0.25, -0.2) is 14.7 Å². The van der Waals surface area contributed by atoms with E-state index in [1.165, 1.54) is 15.8 Å². The first-order chi connectivity index (χ1) is 33.0. The van der Waals surface area contributed by atoms with Crippen LogP contribution in [0.3, 0.4) is 0 Å². The second-order valence-corrected chi connectivity index (χ2v) is 16.4. The van der Waals surface area contributed by atoms with Crippen LogP contribution in [0.15, 0.2) is 146 Å². The van der Waals surface area contributed by atoms with Crippen molar-refractivity contribution >= 4 is 46.3 Å². The summed E-state index contributed by atoms with van der Waals surface area (Å²) in [6.07, 6.45) is -6.47. The molecule has 68 heavy (non-hydrogen) atoms. The van der Waals surface area contributed by atoms with E-state index < -0.39 is 60.0 Å². The number of imidazole rings is 1. The second kappa shape index (κ2) is 20.5. The largest absolute Gasteiger partial charge is 0.497 e. The van der Waals surface area contributed by atoms with Crippen LogP contribution in [0.4, 0.5) is 22.1 Å². The predicted octanol–water partition coefficient (Wildman–Crippen LogP) is 8.34. The lowest BCUT2D eigenvalue weighted by atomic mass is 9.79. The number of esters is 1. The van der Waals surface area contributed by atoms with Crippen molar-refractivity contribution in [3.05, 3.63) is 163 Å². The van der Waals surface area contributed by atoms with Gasteiger partial charge in [0.05, 0.1) is 31.9 Å². The van der Waals surface area contributed by atoms with Crippen LogP contribution in [0.2, 0.25) is 0 Å². The number of benzene rings is 5. The molecule has 1 fully saturated rings. The molecule has 5 aromatic carbocycles. The summed E-state index contributed by atoms with van der Waals surface area (Å²) in [5.41, 5.74) is 7.74. The Kier molecular flexibility index (Phi) is 14.1. The molecule has 7 aromatic rings. The normalized spacial score (nSPS) is 17.4. The number of fused-ring (bicyclic) bond motifs is 1. The number of anilines is 3. The summed E-state index contributed by atoms with van der Waals surface area (Å²) in [5.74, 6) is -1.04. The minimum absolute atomic E-state index is 0.00182. The number of para-hydroxylation sites is 2. The zero-order valence-corrected chi connectivity index (χ0v) is 38.2. The number of Topliss-reactive ketones (excluding diaryl/α,β-unsaturated/α-hetero) is 1. The van der Waals surface area contributed by atoms with Crippen molar-refractivity contribution in [2.75, 3.05) is 24.9 Å². The Morgan fingerprint density at radius 3 is 1.82 bits per heavy atom. The standard InChI is InChI=1S/C52H52N6O10/c1-6-16-40(59)65-46-43(61)44(45(42(60)32(2)3)68-52(33-17-10-7-11-18-33,34-23-27-38(63-4)28-24-34)35-25-29-39(64-5)30-26-35)66-49(46)57-31-54-41-47(57)55-50(53)56-48(41)67-51(62)58(36-19-12-8-13-20-36)37-21-14-9-15-22-37/h7-15,17-32,43-46,49,61H,6,16H2,1-5H3,(H2,53,55,56)/t43-,44+,45?,46-,49-/m1/s1. The zero-order valence-electron chi connectivity index (χ0n) is 38.2. The van der Waals surface area contributed by atoms with Crippen LogP contribution in [0.1, 0.15) is 56.5 Å². The summed E-state index contributed by atoms with van der Waals surface area (Å²) in [6.45, 7) is 5.27. The molecule has 3 N–H and O–H groups in total. The maximum atomic E-state index is 14.9. The Morgan fingerprint density at radius 1 is 0.779 bits per heavy atom. The molecule has 0 saturated carbocycles. The molecule has 0 spiro atoms. The Hall–Kier alpha value is -7.66. The third-order valence-corrected chi connectivity index (χ3v) is 11.7. The van der Waals surface area contributed by atoms with Gasteiger partial charge in [0.15, 0.2) is 29.3 Å². The molecule has 3 heterocycles. The summed E-state index contributed by atoms with van der Waals surface area (Å²) in [5, 5.41) is 12.5. The van der Waals surface area contributed by atoms with E-state index in [-0.39, 0.29) is 29.4 Å². The number of hydrogen-bond donors (Lipinski definition) is 2. The van der Waals surface area contributed by atoms with Crippen LogP contribution in [-0.4, -0.2) is 81.1 Å². The predicted molar refractivity (Wildman–Crippen MR) is 253 cm³/mol. The van der Waals surface area contributed by atoms with E-state index in [2.05, 4.69) is 15.0 Å². The molecule has 8 rings (SSSR count). The number of ketones is 1. The van der Waals surface area contributed by atoms with Gasteiger partial charge in [-0.1, -0.05) is 112 Å². The number of amides is 1. The highest BCUT2D eigenvalue weighted by Crippen LogP contribution is 2.46. The number of nitrogens with two attached hydrogens (primary N) is 1.